The van der Waals surface area contributed by atoms with Crippen LogP contribution >= 0.6 is 0 Å². The van der Waals surface area contributed by atoms with E-state index in [2.05, 4.69) is 17.6 Å². The molecular formula is C23H43N3O6. The van der Waals surface area contributed by atoms with Crippen LogP contribution in [0.1, 0.15) is 103 Å². The molecule has 2 amide bonds. The number of hydrogen-bond acceptors (Lipinski definition) is 5. The van der Waals surface area contributed by atoms with Gasteiger partial charge in [0.25, 0.3) is 0 Å². The van der Waals surface area contributed by atoms with Gasteiger partial charge in [0.15, 0.2) is 0 Å². The van der Waals surface area contributed by atoms with E-state index in [1.54, 1.807) is 0 Å². The first-order valence-electron chi connectivity index (χ1n) is 12.1. The Morgan fingerprint density at radius 3 is 1.84 bits per heavy atom. The highest BCUT2D eigenvalue weighted by Crippen LogP contribution is 2.11. The number of nitrogens with one attached hydrogen (secondary N) is 2. The molecule has 0 rings (SSSR count). The monoisotopic (exact) mass is 457 g/mol. The largest absolute Gasteiger partial charge is 0.481 e. The summed E-state index contributed by atoms with van der Waals surface area (Å²) in [4.78, 5) is 47.2. The number of carboxylic acid groups (broad SMARTS) is 2. The van der Waals surface area contributed by atoms with Crippen LogP contribution in [-0.4, -0.2) is 52.6 Å². The SMILES string of the molecule is CCCCCCCCCCCC(=O)NC(CCC(=O)O)C(=O)NC(CCCCN)C(=O)O. The van der Waals surface area contributed by atoms with Crippen LogP contribution in [0.25, 0.3) is 0 Å². The molecule has 2 unspecified atom stereocenters. The van der Waals surface area contributed by atoms with Crippen molar-refractivity contribution in [2.45, 2.75) is 115 Å². The van der Waals surface area contributed by atoms with Crippen molar-refractivity contribution in [3.63, 3.8) is 0 Å². The Bertz CT molecular complexity index is 556. The number of aliphatic carboxylic acids is 2. The predicted octanol–water partition coefficient (Wildman–Crippen LogP) is 2.96. The molecule has 0 saturated carbocycles. The minimum absolute atomic E-state index is 0.0974. The Kier molecular flexibility index (Phi) is 18.2. The second-order valence-electron chi connectivity index (χ2n) is 8.31. The van der Waals surface area contributed by atoms with Gasteiger partial charge in [-0.05, 0) is 38.6 Å². The van der Waals surface area contributed by atoms with Crippen LogP contribution < -0.4 is 16.4 Å². The second kappa shape index (κ2) is 19.5. The molecule has 0 aromatic carbocycles. The average Bonchev–Trinajstić information content (AvgIpc) is 2.74. The van der Waals surface area contributed by atoms with Crippen LogP contribution in [0.2, 0.25) is 0 Å². The van der Waals surface area contributed by atoms with Gasteiger partial charge >= 0.3 is 11.9 Å². The van der Waals surface area contributed by atoms with Crippen LogP contribution in [0.3, 0.4) is 0 Å². The Morgan fingerprint density at radius 1 is 0.719 bits per heavy atom. The van der Waals surface area contributed by atoms with E-state index in [4.69, 9.17) is 10.8 Å². The molecule has 0 saturated heterocycles. The van der Waals surface area contributed by atoms with Gasteiger partial charge in [0.2, 0.25) is 11.8 Å². The lowest BCUT2D eigenvalue weighted by Crippen LogP contribution is -2.51. The number of carboxylic acids is 2. The summed E-state index contributed by atoms with van der Waals surface area (Å²) in [5, 5.41) is 23.3. The third-order valence-corrected chi connectivity index (χ3v) is 5.37. The predicted molar refractivity (Wildman–Crippen MR) is 123 cm³/mol. The van der Waals surface area contributed by atoms with Crippen molar-refractivity contribution in [1.82, 2.24) is 10.6 Å². The topological polar surface area (TPSA) is 159 Å². The average molecular weight is 458 g/mol. The van der Waals surface area contributed by atoms with Gasteiger partial charge in [0, 0.05) is 12.8 Å². The van der Waals surface area contributed by atoms with E-state index in [9.17, 15) is 24.3 Å². The third-order valence-electron chi connectivity index (χ3n) is 5.37. The Labute approximate surface area is 191 Å². The van der Waals surface area contributed by atoms with Gasteiger partial charge in [-0.2, -0.15) is 0 Å². The molecule has 0 spiro atoms. The molecule has 0 aliphatic carbocycles. The molecule has 6 N–H and O–H groups in total. The van der Waals surface area contributed by atoms with Gasteiger partial charge in [0.05, 0.1) is 0 Å². The number of nitrogens with two attached hydrogens (primary N) is 1. The molecule has 0 aromatic rings. The zero-order valence-corrected chi connectivity index (χ0v) is 19.6. The first-order chi connectivity index (χ1) is 15.3. The highest BCUT2D eigenvalue weighted by Gasteiger charge is 2.26. The molecule has 0 radical (unpaired) electrons. The van der Waals surface area contributed by atoms with E-state index < -0.39 is 29.9 Å². The minimum atomic E-state index is -1.17. The molecule has 0 aromatic heterocycles. The Balaban J connectivity index is 4.48. The number of rotatable bonds is 21. The van der Waals surface area contributed by atoms with Crippen molar-refractivity contribution < 1.29 is 29.4 Å². The van der Waals surface area contributed by atoms with E-state index in [1.807, 2.05) is 0 Å². The molecule has 0 bridgehead atoms. The van der Waals surface area contributed by atoms with Crippen molar-refractivity contribution in [1.29, 1.82) is 0 Å². The van der Waals surface area contributed by atoms with E-state index in [-0.39, 0.29) is 31.6 Å². The summed E-state index contributed by atoms with van der Waals surface area (Å²) in [6.45, 7) is 2.62. The molecule has 2 atom stereocenters. The zero-order chi connectivity index (χ0) is 24.2. The normalized spacial score (nSPS) is 12.7. The molecule has 0 heterocycles. The number of unbranched alkanes of at least 4 members (excludes halogenated alkanes) is 9. The van der Waals surface area contributed by atoms with E-state index in [0.29, 0.717) is 25.8 Å². The summed E-state index contributed by atoms with van der Waals surface area (Å²) in [7, 11) is 0. The summed E-state index contributed by atoms with van der Waals surface area (Å²) < 4.78 is 0. The van der Waals surface area contributed by atoms with Crippen LogP contribution in [0.4, 0.5) is 0 Å². The summed E-state index contributed by atoms with van der Waals surface area (Å²) in [6, 6.07) is -2.18. The Morgan fingerprint density at radius 2 is 1.31 bits per heavy atom. The van der Waals surface area contributed by atoms with Gasteiger partial charge in [-0.3, -0.25) is 14.4 Å². The van der Waals surface area contributed by atoms with Crippen molar-refractivity contribution in [2.75, 3.05) is 6.54 Å². The number of amides is 2. The zero-order valence-electron chi connectivity index (χ0n) is 19.6. The van der Waals surface area contributed by atoms with E-state index in [0.717, 1.165) is 19.3 Å². The number of carbonyl (C=O) groups excluding carboxylic acids is 2. The van der Waals surface area contributed by atoms with Gasteiger partial charge in [-0.25, -0.2) is 4.79 Å². The molecule has 9 nitrogen and oxygen atoms in total. The smallest absolute Gasteiger partial charge is 0.326 e. The van der Waals surface area contributed by atoms with Crippen molar-refractivity contribution in [2.24, 2.45) is 5.73 Å². The van der Waals surface area contributed by atoms with Crippen LogP contribution in [0.5, 0.6) is 0 Å². The standard InChI is InChI=1S/C23H43N3O6/c1-2-3-4-5-6-7-8-9-10-14-20(27)25-18(15-16-21(28)29)22(30)26-19(23(31)32)13-11-12-17-24/h18-19H,2-17,24H2,1H3,(H,25,27)(H,26,30)(H,28,29)(H,31,32). The maximum absolute atomic E-state index is 12.6. The molecular weight excluding hydrogens is 414 g/mol. The van der Waals surface area contributed by atoms with Crippen molar-refractivity contribution >= 4 is 23.8 Å². The first kappa shape index (κ1) is 29.8. The lowest BCUT2D eigenvalue weighted by Gasteiger charge is -2.21. The second-order valence-corrected chi connectivity index (χ2v) is 8.31. The van der Waals surface area contributed by atoms with Gasteiger partial charge in [-0.1, -0.05) is 58.3 Å². The van der Waals surface area contributed by atoms with Gasteiger partial charge in [-0.15, -0.1) is 0 Å². The molecule has 0 aliphatic heterocycles. The van der Waals surface area contributed by atoms with E-state index >= 15 is 0 Å². The minimum Gasteiger partial charge on any atom is -0.481 e. The maximum atomic E-state index is 12.6. The quantitative estimate of drug-likeness (QED) is 0.166. The van der Waals surface area contributed by atoms with Gasteiger partial charge in [0.1, 0.15) is 12.1 Å². The number of carbonyl (C=O) groups is 4. The Hall–Kier alpha value is -2.16. The van der Waals surface area contributed by atoms with Crippen molar-refractivity contribution in [3.05, 3.63) is 0 Å². The molecule has 186 valence electrons. The first-order valence-corrected chi connectivity index (χ1v) is 12.1. The summed E-state index contributed by atoms with van der Waals surface area (Å²) in [5.74, 6) is -3.26. The molecule has 32 heavy (non-hydrogen) atoms. The van der Waals surface area contributed by atoms with Crippen LogP contribution in [0.15, 0.2) is 0 Å². The summed E-state index contributed by atoms with van der Waals surface area (Å²) >= 11 is 0. The van der Waals surface area contributed by atoms with Crippen LogP contribution in [-0.2, 0) is 19.2 Å². The lowest BCUT2D eigenvalue weighted by atomic mass is 10.1. The number of hydrogen-bond donors (Lipinski definition) is 5. The fourth-order valence-electron chi connectivity index (χ4n) is 3.42. The highest BCUT2D eigenvalue weighted by molar-refractivity contribution is 5.90. The van der Waals surface area contributed by atoms with Crippen molar-refractivity contribution in [3.8, 4) is 0 Å². The van der Waals surface area contributed by atoms with E-state index in [1.165, 1.54) is 32.1 Å². The fraction of sp³-hybridized carbons (Fsp3) is 0.826. The summed E-state index contributed by atoms with van der Waals surface area (Å²) in [6.07, 6.45) is 11.3. The third kappa shape index (κ3) is 16.5. The summed E-state index contributed by atoms with van der Waals surface area (Å²) in [5.41, 5.74) is 5.42. The molecule has 9 heteroatoms. The lowest BCUT2D eigenvalue weighted by molar-refractivity contribution is -0.143. The molecule has 0 fully saturated rings. The maximum Gasteiger partial charge on any atom is 0.326 e. The molecule has 0 aliphatic rings. The highest BCUT2D eigenvalue weighted by atomic mass is 16.4. The van der Waals surface area contributed by atoms with Gasteiger partial charge < -0.3 is 26.6 Å². The fourth-order valence-corrected chi connectivity index (χ4v) is 3.42. The van der Waals surface area contributed by atoms with Crippen LogP contribution in [0, 0.1) is 0 Å².